The molecule has 104 valence electrons. The van der Waals surface area contributed by atoms with Crippen molar-refractivity contribution in [1.29, 1.82) is 0 Å². The van der Waals surface area contributed by atoms with E-state index in [1.54, 1.807) is 6.20 Å². The SMILES string of the molecule is O=C(O)C1CCCC(c2ccnn2-c2ccccc2)N1. The quantitative estimate of drug-likeness (QED) is 0.897. The lowest BCUT2D eigenvalue weighted by molar-refractivity contribution is -0.140. The molecule has 1 aromatic carbocycles. The maximum absolute atomic E-state index is 11.1. The average molecular weight is 271 g/mol. The van der Waals surface area contributed by atoms with Gasteiger partial charge in [0.2, 0.25) is 0 Å². The van der Waals surface area contributed by atoms with E-state index in [-0.39, 0.29) is 6.04 Å². The molecular formula is C15H17N3O2. The van der Waals surface area contributed by atoms with E-state index in [1.807, 2.05) is 41.1 Å². The van der Waals surface area contributed by atoms with Gasteiger partial charge in [0, 0.05) is 6.20 Å². The van der Waals surface area contributed by atoms with Gasteiger partial charge in [0.1, 0.15) is 6.04 Å². The van der Waals surface area contributed by atoms with Crippen LogP contribution >= 0.6 is 0 Å². The minimum Gasteiger partial charge on any atom is -0.480 e. The zero-order valence-electron chi connectivity index (χ0n) is 11.1. The zero-order valence-corrected chi connectivity index (χ0v) is 11.1. The summed E-state index contributed by atoms with van der Waals surface area (Å²) in [5.74, 6) is -0.777. The Morgan fingerprint density at radius 1 is 1.25 bits per heavy atom. The predicted octanol–water partition coefficient (Wildman–Crippen LogP) is 2.14. The summed E-state index contributed by atoms with van der Waals surface area (Å²) in [6, 6.07) is 11.4. The monoisotopic (exact) mass is 271 g/mol. The number of carboxylic acids is 1. The molecule has 0 bridgehead atoms. The number of hydrogen-bond donors (Lipinski definition) is 2. The number of benzene rings is 1. The number of carboxylic acid groups (broad SMARTS) is 1. The summed E-state index contributed by atoms with van der Waals surface area (Å²) in [5.41, 5.74) is 2.01. The molecule has 1 aliphatic rings. The van der Waals surface area contributed by atoms with E-state index in [0.29, 0.717) is 6.42 Å². The molecule has 1 aliphatic heterocycles. The highest BCUT2D eigenvalue weighted by Crippen LogP contribution is 2.27. The van der Waals surface area contributed by atoms with Crippen LogP contribution in [0.1, 0.15) is 31.0 Å². The van der Waals surface area contributed by atoms with Crippen molar-refractivity contribution in [3.8, 4) is 5.69 Å². The summed E-state index contributed by atoms with van der Waals surface area (Å²) in [4.78, 5) is 11.1. The normalized spacial score (nSPS) is 22.6. The van der Waals surface area contributed by atoms with Crippen molar-refractivity contribution in [3.63, 3.8) is 0 Å². The van der Waals surface area contributed by atoms with Crippen LogP contribution in [0.15, 0.2) is 42.6 Å². The molecule has 2 heterocycles. The summed E-state index contributed by atoms with van der Waals surface area (Å²) in [6.07, 6.45) is 4.29. The molecule has 20 heavy (non-hydrogen) atoms. The van der Waals surface area contributed by atoms with E-state index >= 15 is 0 Å². The molecule has 0 amide bonds. The van der Waals surface area contributed by atoms with Crippen LogP contribution in [0.3, 0.4) is 0 Å². The topological polar surface area (TPSA) is 67.1 Å². The zero-order chi connectivity index (χ0) is 13.9. The van der Waals surface area contributed by atoms with Gasteiger partial charge in [-0.25, -0.2) is 4.68 Å². The van der Waals surface area contributed by atoms with E-state index in [1.165, 1.54) is 0 Å². The second-order valence-corrected chi connectivity index (χ2v) is 5.04. The van der Waals surface area contributed by atoms with Crippen LogP contribution < -0.4 is 5.32 Å². The van der Waals surface area contributed by atoms with Gasteiger partial charge in [-0.2, -0.15) is 5.10 Å². The smallest absolute Gasteiger partial charge is 0.320 e. The maximum atomic E-state index is 11.1. The highest BCUT2D eigenvalue weighted by molar-refractivity contribution is 5.73. The van der Waals surface area contributed by atoms with Crippen molar-refractivity contribution in [3.05, 3.63) is 48.3 Å². The summed E-state index contributed by atoms with van der Waals surface area (Å²) < 4.78 is 1.88. The number of nitrogens with one attached hydrogen (secondary N) is 1. The molecule has 0 aliphatic carbocycles. The minimum absolute atomic E-state index is 0.0348. The van der Waals surface area contributed by atoms with Gasteiger partial charge in [-0.3, -0.25) is 10.1 Å². The van der Waals surface area contributed by atoms with E-state index in [4.69, 9.17) is 5.11 Å². The second-order valence-electron chi connectivity index (χ2n) is 5.04. The summed E-state index contributed by atoms with van der Waals surface area (Å²) >= 11 is 0. The van der Waals surface area contributed by atoms with E-state index < -0.39 is 12.0 Å². The first-order valence-corrected chi connectivity index (χ1v) is 6.84. The van der Waals surface area contributed by atoms with Gasteiger partial charge < -0.3 is 5.11 Å². The Balaban J connectivity index is 1.88. The number of hydrogen-bond acceptors (Lipinski definition) is 3. The predicted molar refractivity (Wildman–Crippen MR) is 74.7 cm³/mol. The first-order valence-electron chi connectivity index (χ1n) is 6.84. The number of nitrogens with zero attached hydrogens (tertiary/aromatic N) is 2. The molecule has 0 radical (unpaired) electrons. The van der Waals surface area contributed by atoms with Gasteiger partial charge in [0.25, 0.3) is 0 Å². The Morgan fingerprint density at radius 2 is 2.05 bits per heavy atom. The van der Waals surface area contributed by atoms with Crippen LogP contribution in [-0.2, 0) is 4.79 Å². The average Bonchev–Trinajstić information content (AvgIpc) is 2.98. The first-order chi connectivity index (χ1) is 9.75. The third-order valence-electron chi connectivity index (χ3n) is 3.72. The van der Waals surface area contributed by atoms with Crippen LogP contribution in [0.5, 0.6) is 0 Å². The Bertz CT molecular complexity index is 594. The van der Waals surface area contributed by atoms with Gasteiger partial charge in [-0.05, 0) is 37.5 Å². The Morgan fingerprint density at radius 3 is 2.80 bits per heavy atom. The van der Waals surface area contributed by atoms with Crippen molar-refractivity contribution >= 4 is 5.97 Å². The van der Waals surface area contributed by atoms with E-state index in [0.717, 1.165) is 24.2 Å². The number of carbonyl (C=O) groups is 1. The van der Waals surface area contributed by atoms with Crippen LogP contribution in [-0.4, -0.2) is 26.9 Å². The molecule has 2 unspecified atom stereocenters. The van der Waals surface area contributed by atoms with Crippen molar-refractivity contribution in [2.45, 2.75) is 31.3 Å². The fourth-order valence-electron chi connectivity index (χ4n) is 2.73. The summed E-state index contributed by atoms with van der Waals surface area (Å²) in [5, 5.41) is 16.7. The number of aromatic nitrogens is 2. The van der Waals surface area contributed by atoms with Crippen LogP contribution in [0, 0.1) is 0 Å². The Hall–Kier alpha value is -2.14. The van der Waals surface area contributed by atoms with Gasteiger partial charge in [-0.15, -0.1) is 0 Å². The molecule has 1 saturated heterocycles. The second kappa shape index (κ2) is 5.46. The van der Waals surface area contributed by atoms with E-state index in [2.05, 4.69) is 10.4 Å². The third-order valence-corrected chi connectivity index (χ3v) is 3.72. The lowest BCUT2D eigenvalue weighted by Crippen LogP contribution is -2.42. The Kier molecular flexibility index (Phi) is 3.52. The molecular weight excluding hydrogens is 254 g/mol. The fraction of sp³-hybridized carbons (Fsp3) is 0.333. The van der Waals surface area contributed by atoms with E-state index in [9.17, 15) is 4.79 Å². The number of para-hydroxylation sites is 1. The Labute approximate surface area is 117 Å². The molecule has 5 nitrogen and oxygen atoms in total. The lowest BCUT2D eigenvalue weighted by Gasteiger charge is -2.29. The number of aliphatic carboxylic acids is 1. The molecule has 2 aromatic rings. The van der Waals surface area contributed by atoms with Gasteiger partial charge in [0.05, 0.1) is 17.4 Å². The molecule has 2 atom stereocenters. The van der Waals surface area contributed by atoms with Crippen molar-refractivity contribution < 1.29 is 9.90 Å². The van der Waals surface area contributed by atoms with Crippen molar-refractivity contribution in [2.24, 2.45) is 0 Å². The lowest BCUT2D eigenvalue weighted by atomic mass is 9.96. The largest absolute Gasteiger partial charge is 0.480 e. The molecule has 0 spiro atoms. The standard InChI is InChI=1S/C15H17N3O2/c19-15(20)13-8-4-7-12(17-13)14-9-10-16-18(14)11-5-2-1-3-6-11/h1-3,5-6,9-10,12-13,17H,4,7-8H2,(H,19,20). The molecule has 1 fully saturated rings. The summed E-state index contributed by atoms with van der Waals surface area (Å²) in [7, 11) is 0. The van der Waals surface area contributed by atoms with Crippen molar-refractivity contribution in [1.82, 2.24) is 15.1 Å². The molecule has 2 N–H and O–H groups in total. The minimum atomic E-state index is -0.777. The highest BCUT2D eigenvalue weighted by atomic mass is 16.4. The van der Waals surface area contributed by atoms with Gasteiger partial charge in [-0.1, -0.05) is 18.2 Å². The molecule has 0 saturated carbocycles. The van der Waals surface area contributed by atoms with Crippen LogP contribution in [0.2, 0.25) is 0 Å². The first kappa shape index (κ1) is 12.9. The molecule has 1 aromatic heterocycles. The van der Waals surface area contributed by atoms with Gasteiger partial charge >= 0.3 is 5.97 Å². The van der Waals surface area contributed by atoms with Crippen LogP contribution in [0.4, 0.5) is 0 Å². The molecule has 3 rings (SSSR count). The number of rotatable bonds is 3. The number of piperidine rings is 1. The third kappa shape index (κ3) is 2.44. The summed E-state index contributed by atoms with van der Waals surface area (Å²) in [6.45, 7) is 0. The van der Waals surface area contributed by atoms with Crippen LogP contribution in [0.25, 0.3) is 5.69 Å². The molecule has 5 heteroatoms. The fourth-order valence-corrected chi connectivity index (χ4v) is 2.73. The van der Waals surface area contributed by atoms with Gasteiger partial charge in [0.15, 0.2) is 0 Å². The highest BCUT2D eigenvalue weighted by Gasteiger charge is 2.28. The maximum Gasteiger partial charge on any atom is 0.320 e. The van der Waals surface area contributed by atoms with Crippen molar-refractivity contribution in [2.75, 3.05) is 0 Å².